The SMILES string of the molecule is Cc1nc(N2CCOCC2)sc1C(=O)NNC(=O)c1ccc2ccccc2c1. The number of amides is 2. The van der Waals surface area contributed by atoms with Crippen LogP contribution in [0.5, 0.6) is 0 Å². The first-order valence-corrected chi connectivity index (χ1v) is 9.83. The van der Waals surface area contributed by atoms with Gasteiger partial charge in [-0.05, 0) is 29.8 Å². The Morgan fingerprint density at radius 3 is 2.54 bits per heavy atom. The topological polar surface area (TPSA) is 83.6 Å². The largest absolute Gasteiger partial charge is 0.378 e. The number of aryl methyl sites for hydroxylation is 1. The monoisotopic (exact) mass is 396 g/mol. The summed E-state index contributed by atoms with van der Waals surface area (Å²) in [6.07, 6.45) is 0. The zero-order valence-electron chi connectivity index (χ0n) is 15.4. The highest BCUT2D eigenvalue weighted by molar-refractivity contribution is 7.17. The van der Waals surface area contributed by atoms with E-state index in [9.17, 15) is 9.59 Å². The number of carbonyl (C=O) groups excluding carboxylic acids is 2. The van der Waals surface area contributed by atoms with Crippen molar-refractivity contribution in [1.29, 1.82) is 0 Å². The molecule has 2 N–H and O–H groups in total. The number of hydrogen-bond acceptors (Lipinski definition) is 6. The summed E-state index contributed by atoms with van der Waals surface area (Å²) in [4.78, 5) is 32.0. The third-order valence-corrected chi connectivity index (χ3v) is 5.79. The van der Waals surface area contributed by atoms with E-state index >= 15 is 0 Å². The van der Waals surface area contributed by atoms with Crippen LogP contribution in [0, 0.1) is 6.92 Å². The van der Waals surface area contributed by atoms with Gasteiger partial charge in [-0.15, -0.1) is 0 Å². The molecule has 1 aliphatic heterocycles. The Kier molecular flexibility index (Phi) is 5.23. The predicted molar refractivity (Wildman–Crippen MR) is 109 cm³/mol. The molecule has 0 bridgehead atoms. The molecule has 4 rings (SSSR count). The maximum Gasteiger partial charge on any atom is 0.281 e. The van der Waals surface area contributed by atoms with Crippen LogP contribution >= 0.6 is 11.3 Å². The zero-order valence-corrected chi connectivity index (χ0v) is 16.2. The molecule has 1 fully saturated rings. The van der Waals surface area contributed by atoms with Gasteiger partial charge in [0.1, 0.15) is 4.88 Å². The van der Waals surface area contributed by atoms with Crippen molar-refractivity contribution in [1.82, 2.24) is 15.8 Å². The molecular weight excluding hydrogens is 376 g/mol. The standard InChI is InChI=1S/C20H20N4O3S/c1-13-17(28-20(21-13)24-8-10-27-11-9-24)19(26)23-22-18(25)16-7-6-14-4-2-3-5-15(14)12-16/h2-7,12H,8-11H2,1H3,(H,22,25)(H,23,26). The first-order valence-electron chi connectivity index (χ1n) is 9.01. The highest BCUT2D eigenvalue weighted by Gasteiger charge is 2.21. The molecule has 0 aliphatic carbocycles. The smallest absolute Gasteiger partial charge is 0.281 e. The second kappa shape index (κ2) is 7.95. The molecule has 8 heteroatoms. The van der Waals surface area contributed by atoms with E-state index in [-0.39, 0.29) is 11.8 Å². The maximum atomic E-state index is 12.5. The van der Waals surface area contributed by atoms with Gasteiger partial charge >= 0.3 is 0 Å². The van der Waals surface area contributed by atoms with Gasteiger partial charge in [0.2, 0.25) is 0 Å². The van der Waals surface area contributed by atoms with E-state index in [1.54, 1.807) is 19.1 Å². The molecule has 0 unspecified atom stereocenters. The molecule has 2 amide bonds. The van der Waals surface area contributed by atoms with E-state index in [2.05, 4.69) is 20.7 Å². The molecule has 0 spiro atoms. The number of anilines is 1. The number of hydrazine groups is 1. The van der Waals surface area contributed by atoms with Gasteiger partial charge in [0.25, 0.3) is 11.8 Å². The number of ether oxygens (including phenoxy) is 1. The highest BCUT2D eigenvalue weighted by Crippen LogP contribution is 2.26. The van der Waals surface area contributed by atoms with Crippen LogP contribution in [0.1, 0.15) is 25.7 Å². The van der Waals surface area contributed by atoms with Crippen molar-refractivity contribution in [3.8, 4) is 0 Å². The van der Waals surface area contributed by atoms with Crippen molar-refractivity contribution in [2.45, 2.75) is 6.92 Å². The van der Waals surface area contributed by atoms with Gasteiger partial charge in [-0.3, -0.25) is 20.4 Å². The molecule has 28 heavy (non-hydrogen) atoms. The minimum absolute atomic E-state index is 0.366. The number of morpholine rings is 1. The predicted octanol–water partition coefficient (Wildman–Crippen LogP) is 2.52. The van der Waals surface area contributed by atoms with Gasteiger partial charge in [0, 0.05) is 18.7 Å². The van der Waals surface area contributed by atoms with Crippen molar-refractivity contribution >= 4 is 39.1 Å². The average Bonchev–Trinajstić information content (AvgIpc) is 3.14. The molecule has 1 aromatic heterocycles. The fourth-order valence-electron chi connectivity index (χ4n) is 3.06. The number of nitrogens with one attached hydrogen (secondary N) is 2. The molecule has 2 aromatic carbocycles. The van der Waals surface area contributed by atoms with Crippen molar-refractivity contribution in [2.24, 2.45) is 0 Å². The Morgan fingerprint density at radius 2 is 1.75 bits per heavy atom. The number of thiazole rings is 1. The first kappa shape index (κ1) is 18.4. The van der Waals surface area contributed by atoms with Crippen LogP contribution in [0.2, 0.25) is 0 Å². The Hall–Kier alpha value is -2.97. The molecule has 0 radical (unpaired) electrons. The van der Waals surface area contributed by atoms with Crippen molar-refractivity contribution < 1.29 is 14.3 Å². The quantitative estimate of drug-likeness (QED) is 0.665. The summed E-state index contributed by atoms with van der Waals surface area (Å²) < 4.78 is 5.35. The summed E-state index contributed by atoms with van der Waals surface area (Å²) in [6, 6.07) is 13.2. The summed E-state index contributed by atoms with van der Waals surface area (Å²) in [5.74, 6) is -0.738. The molecule has 1 aliphatic rings. The second-order valence-electron chi connectivity index (χ2n) is 6.48. The minimum atomic E-state index is -0.372. The van der Waals surface area contributed by atoms with Crippen molar-refractivity contribution in [3.63, 3.8) is 0 Å². The number of carbonyl (C=O) groups is 2. The van der Waals surface area contributed by atoms with E-state index in [1.807, 2.05) is 30.3 Å². The lowest BCUT2D eigenvalue weighted by Crippen LogP contribution is -2.41. The van der Waals surface area contributed by atoms with Crippen LogP contribution in [0.3, 0.4) is 0 Å². The van der Waals surface area contributed by atoms with Crippen LogP contribution < -0.4 is 15.8 Å². The van der Waals surface area contributed by atoms with Crippen molar-refractivity contribution in [2.75, 3.05) is 31.2 Å². The summed E-state index contributed by atoms with van der Waals surface area (Å²) >= 11 is 1.32. The maximum absolute atomic E-state index is 12.5. The Bertz CT molecular complexity index is 1030. The summed E-state index contributed by atoms with van der Waals surface area (Å²) in [5.41, 5.74) is 6.10. The van der Waals surface area contributed by atoms with Gasteiger partial charge in [-0.1, -0.05) is 41.7 Å². The number of benzene rings is 2. The van der Waals surface area contributed by atoms with Crippen LogP contribution in [0.15, 0.2) is 42.5 Å². The van der Waals surface area contributed by atoms with E-state index in [0.717, 1.165) is 29.0 Å². The molecule has 7 nitrogen and oxygen atoms in total. The van der Waals surface area contributed by atoms with Gasteiger partial charge < -0.3 is 9.64 Å². The lowest BCUT2D eigenvalue weighted by molar-refractivity contribution is 0.0848. The molecule has 0 atom stereocenters. The van der Waals surface area contributed by atoms with Gasteiger partial charge in [-0.2, -0.15) is 0 Å². The molecule has 144 valence electrons. The fourth-order valence-corrected chi connectivity index (χ4v) is 4.07. The molecule has 2 heterocycles. The van der Waals surface area contributed by atoms with Gasteiger partial charge in [-0.25, -0.2) is 4.98 Å². The lowest BCUT2D eigenvalue weighted by atomic mass is 10.1. The molecule has 3 aromatic rings. The molecular formula is C20H20N4O3S. The second-order valence-corrected chi connectivity index (χ2v) is 7.46. The third-order valence-electron chi connectivity index (χ3n) is 4.57. The van der Waals surface area contributed by atoms with Crippen molar-refractivity contribution in [3.05, 3.63) is 58.6 Å². The number of rotatable bonds is 3. The normalized spacial score (nSPS) is 14.1. The number of hydrogen-bond donors (Lipinski definition) is 2. The average molecular weight is 396 g/mol. The fraction of sp³-hybridized carbons (Fsp3) is 0.250. The number of fused-ring (bicyclic) bond motifs is 1. The van der Waals surface area contributed by atoms with Gasteiger partial charge in [0.15, 0.2) is 5.13 Å². The Balaban J connectivity index is 1.42. The van der Waals surface area contributed by atoms with Crippen LogP contribution in [-0.4, -0.2) is 43.1 Å². The minimum Gasteiger partial charge on any atom is -0.378 e. The van der Waals surface area contributed by atoms with Gasteiger partial charge in [0.05, 0.1) is 18.9 Å². The van der Waals surface area contributed by atoms with Crippen LogP contribution in [0.25, 0.3) is 10.8 Å². The van der Waals surface area contributed by atoms with E-state index < -0.39 is 0 Å². The third kappa shape index (κ3) is 3.83. The van der Waals surface area contributed by atoms with E-state index in [4.69, 9.17) is 4.74 Å². The Labute approximate surface area is 166 Å². The summed E-state index contributed by atoms with van der Waals surface area (Å²) in [6.45, 7) is 4.61. The first-order chi connectivity index (χ1) is 13.6. The molecule has 1 saturated heterocycles. The summed E-state index contributed by atoms with van der Waals surface area (Å²) in [5, 5.41) is 2.82. The van der Waals surface area contributed by atoms with Crippen LogP contribution in [-0.2, 0) is 4.74 Å². The van der Waals surface area contributed by atoms with Crippen LogP contribution in [0.4, 0.5) is 5.13 Å². The number of aromatic nitrogens is 1. The molecule has 0 saturated carbocycles. The lowest BCUT2D eigenvalue weighted by Gasteiger charge is -2.25. The summed E-state index contributed by atoms with van der Waals surface area (Å²) in [7, 11) is 0. The van der Waals surface area contributed by atoms with E-state index in [0.29, 0.717) is 29.3 Å². The Morgan fingerprint density at radius 1 is 1.04 bits per heavy atom. The highest BCUT2D eigenvalue weighted by atomic mass is 32.1. The number of nitrogens with zero attached hydrogens (tertiary/aromatic N) is 2. The van der Waals surface area contributed by atoms with E-state index in [1.165, 1.54) is 11.3 Å². The zero-order chi connectivity index (χ0) is 19.5.